The molecular weight excluding hydrogens is 482 g/mol. The fourth-order valence-corrected chi connectivity index (χ4v) is 5.54. The van der Waals surface area contributed by atoms with Gasteiger partial charge in [-0.15, -0.1) is 0 Å². The number of nitrogens with two attached hydrogens (primary N) is 1. The van der Waals surface area contributed by atoms with Crippen molar-refractivity contribution in [2.75, 3.05) is 63.5 Å². The topological polar surface area (TPSA) is 108 Å². The first kappa shape index (κ1) is 26.2. The third-order valence-corrected chi connectivity index (χ3v) is 7.77. The SMILES string of the molecule is CC(C)OC(=O)N1CCC(CC(=O)N2CCc3ccc(-c4cc(N5CCN(C)CC5)nc(N)n4)cc3C2)C1. The van der Waals surface area contributed by atoms with E-state index in [1.54, 1.807) is 4.90 Å². The summed E-state index contributed by atoms with van der Waals surface area (Å²) in [5.41, 5.74) is 10.3. The quantitative estimate of drug-likeness (QED) is 0.640. The summed E-state index contributed by atoms with van der Waals surface area (Å²) in [6.45, 7) is 10.0. The molecule has 4 heterocycles. The second-order valence-corrected chi connectivity index (χ2v) is 11.0. The Morgan fingerprint density at radius 1 is 1.03 bits per heavy atom. The minimum absolute atomic E-state index is 0.140. The molecule has 3 aliphatic heterocycles. The molecule has 2 N–H and O–H groups in total. The van der Waals surface area contributed by atoms with Crippen LogP contribution >= 0.6 is 0 Å². The summed E-state index contributed by atoms with van der Waals surface area (Å²) in [6, 6.07) is 8.40. The van der Waals surface area contributed by atoms with Gasteiger partial charge in [0.1, 0.15) is 5.82 Å². The summed E-state index contributed by atoms with van der Waals surface area (Å²) >= 11 is 0. The standard InChI is InChI=1S/C28H39N7O3/c1-19(2)38-28(37)35-8-6-20(17-35)14-26(36)34-9-7-21-4-5-22(15-23(21)18-34)24-16-25(31-27(29)30-24)33-12-10-32(3)11-13-33/h4-5,15-16,19-20H,6-14,17-18H2,1-3H3,(H2,29,30,31). The highest BCUT2D eigenvalue weighted by Gasteiger charge is 2.31. The minimum atomic E-state index is -0.282. The summed E-state index contributed by atoms with van der Waals surface area (Å²) in [5, 5.41) is 0. The van der Waals surface area contributed by atoms with Gasteiger partial charge in [0.15, 0.2) is 0 Å². The Morgan fingerprint density at radius 2 is 1.82 bits per heavy atom. The maximum atomic E-state index is 13.2. The molecule has 0 aliphatic carbocycles. The maximum absolute atomic E-state index is 13.2. The largest absolute Gasteiger partial charge is 0.447 e. The highest BCUT2D eigenvalue weighted by molar-refractivity contribution is 5.77. The summed E-state index contributed by atoms with van der Waals surface area (Å²) in [7, 11) is 2.13. The molecule has 10 heteroatoms. The average molecular weight is 522 g/mol. The number of amides is 2. The van der Waals surface area contributed by atoms with Gasteiger partial charge in [-0.2, -0.15) is 4.98 Å². The van der Waals surface area contributed by atoms with E-state index in [2.05, 4.69) is 45.0 Å². The maximum Gasteiger partial charge on any atom is 0.410 e. The Kier molecular flexibility index (Phi) is 7.69. The molecule has 10 nitrogen and oxygen atoms in total. The fourth-order valence-electron chi connectivity index (χ4n) is 5.54. The molecule has 0 spiro atoms. The van der Waals surface area contributed by atoms with E-state index in [0.29, 0.717) is 32.6 Å². The first-order valence-corrected chi connectivity index (χ1v) is 13.7. The molecule has 1 atom stereocenters. The zero-order valence-corrected chi connectivity index (χ0v) is 22.7. The number of anilines is 2. The molecule has 204 valence electrons. The van der Waals surface area contributed by atoms with Gasteiger partial charge in [-0.05, 0) is 56.8 Å². The Bertz CT molecular complexity index is 1180. The Morgan fingerprint density at radius 3 is 2.58 bits per heavy atom. The van der Waals surface area contributed by atoms with Gasteiger partial charge in [0.05, 0.1) is 11.8 Å². The summed E-state index contributed by atoms with van der Waals surface area (Å²) in [5.74, 6) is 1.45. The van der Waals surface area contributed by atoms with Crippen molar-refractivity contribution in [2.45, 2.75) is 45.8 Å². The van der Waals surface area contributed by atoms with Crippen LogP contribution in [0.1, 0.15) is 37.8 Å². The number of piperazine rings is 1. The normalized spacial score (nSPS) is 20.1. The highest BCUT2D eigenvalue weighted by atomic mass is 16.6. The number of likely N-dealkylation sites (N-methyl/N-ethyl adjacent to an activating group) is 1. The number of likely N-dealkylation sites (tertiary alicyclic amines) is 1. The lowest BCUT2D eigenvalue weighted by molar-refractivity contribution is -0.133. The predicted octanol–water partition coefficient (Wildman–Crippen LogP) is 2.62. The van der Waals surface area contributed by atoms with Crippen molar-refractivity contribution in [3.05, 3.63) is 35.4 Å². The molecule has 0 bridgehead atoms. The molecule has 2 saturated heterocycles. The lowest BCUT2D eigenvalue weighted by Crippen LogP contribution is -2.44. The van der Waals surface area contributed by atoms with Gasteiger partial charge in [-0.3, -0.25) is 4.79 Å². The predicted molar refractivity (Wildman–Crippen MR) is 147 cm³/mol. The number of aromatic nitrogens is 2. The molecule has 5 rings (SSSR count). The van der Waals surface area contributed by atoms with Crippen LogP contribution in [0.15, 0.2) is 24.3 Å². The molecule has 2 amide bonds. The molecule has 1 unspecified atom stereocenters. The van der Waals surface area contributed by atoms with E-state index in [4.69, 9.17) is 10.5 Å². The first-order valence-electron chi connectivity index (χ1n) is 13.7. The Balaban J connectivity index is 1.24. The van der Waals surface area contributed by atoms with Crippen LogP contribution in [0.25, 0.3) is 11.3 Å². The summed E-state index contributed by atoms with van der Waals surface area (Å²) < 4.78 is 5.31. The van der Waals surface area contributed by atoms with Gasteiger partial charge >= 0.3 is 6.09 Å². The van der Waals surface area contributed by atoms with Gasteiger partial charge in [0.25, 0.3) is 0 Å². The number of nitrogen functional groups attached to an aromatic ring is 1. The van der Waals surface area contributed by atoms with Crippen molar-refractivity contribution >= 4 is 23.8 Å². The number of carbonyl (C=O) groups excluding carboxylic acids is 2. The number of carbonyl (C=O) groups is 2. The first-order chi connectivity index (χ1) is 18.2. The van der Waals surface area contributed by atoms with E-state index in [-0.39, 0.29) is 30.0 Å². The van der Waals surface area contributed by atoms with E-state index in [1.165, 1.54) is 5.56 Å². The fraction of sp³-hybridized carbons (Fsp3) is 0.571. The molecule has 3 aliphatic rings. The number of hydrogen-bond donors (Lipinski definition) is 1. The third-order valence-electron chi connectivity index (χ3n) is 7.77. The molecule has 1 aromatic heterocycles. The summed E-state index contributed by atoms with van der Waals surface area (Å²) in [6.07, 6.45) is 1.70. The van der Waals surface area contributed by atoms with Crippen LogP contribution in [0.2, 0.25) is 0 Å². The number of fused-ring (bicyclic) bond motifs is 1. The van der Waals surface area contributed by atoms with Gasteiger partial charge < -0.3 is 30.1 Å². The molecular formula is C28H39N7O3. The van der Waals surface area contributed by atoms with Crippen molar-refractivity contribution in [1.82, 2.24) is 24.7 Å². The minimum Gasteiger partial charge on any atom is -0.447 e. The monoisotopic (exact) mass is 521 g/mol. The van der Waals surface area contributed by atoms with Crippen molar-refractivity contribution < 1.29 is 14.3 Å². The average Bonchev–Trinajstić information content (AvgIpc) is 3.36. The summed E-state index contributed by atoms with van der Waals surface area (Å²) in [4.78, 5) is 42.7. The lowest BCUT2D eigenvalue weighted by atomic mass is 9.95. The molecule has 1 aromatic carbocycles. The van der Waals surface area contributed by atoms with Crippen LogP contribution in [0.3, 0.4) is 0 Å². The van der Waals surface area contributed by atoms with Gasteiger partial charge in [-0.1, -0.05) is 12.1 Å². The third kappa shape index (κ3) is 6.01. The number of benzene rings is 1. The van der Waals surface area contributed by atoms with Crippen molar-refractivity contribution in [2.24, 2.45) is 5.92 Å². The van der Waals surface area contributed by atoms with Crippen LogP contribution in [-0.4, -0.2) is 95.6 Å². The van der Waals surface area contributed by atoms with E-state index in [1.807, 2.05) is 24.8 Å². The van der Waals surface area contributed by atoms with Gasteiger partial charge in [0, 0.05) is 70.4 Å². The Hall–Kier alpha value is -3.40. The molecule has 0 radical (unpaired) electrons. The smallest absolute Gasteiger partial charge is 0.410 e. The number of hydrogen-bond acceptors (Lipinski definition) is 8. The second kappa shape index (κ2) is 11.1. The molecule has 0 saturated carbocycles. The van der Waals surface area contributed by atoms with E-state index >= 15 is 0 Å². The lowest BCUT2D eigenvalue weighted by Gasteiger charge is -2.33. The van der Waals surface area contributed by atoms with Crippen LogP contribution in [-0.2, 0) is 22.5 Å². The number of nitrogens with zero attached hydrogens (tertiary/aromatic N) is 6. The zero-order valence-electron chi connectivity index (χ0n) is 22.7. The second-order valence-electron chi connectivity index (χ2n) is 11.0. The van der Waals surface area contributed by atoms with Crippen LogP contribution in [0.4, 0.5) is 16.6 Å². The van der Waals surface area contributed by atoms with E-state index in [9.17, 15) is 9.59 Å². The molecule has 2 fully saturated rings. The van der Waals surface area contributed by atoms with Crippen molar-refractivity contribution in [3.63, 3.8) is 0 Å². The number of ether oxygens (including phenoxy) is 1. The number of rotatable bonds is 5. The van der Waals surface area contributed by atoms with Crippen LogP contribution in [0.5, 0.6) is 0 Å². The van der Waals surface area contributed by atoms with Crippen LogP contribution in [0, 0.1) is 5.92 Å². The molecule has 2 aromatic rings. The van der Waals surface area contributed by atoms with E-state index < -0.39 is 0 Å². The van der Waals surface area contributed by atoms with Gasteiger partial charge in [-0.25, -0.2) is 9.78 Å². The van der Waals surface area contributed by atoms with Crippen molar-refractivity contribution in [3.8, 4) is 11.3 Å². The highest BCUT2D eigenvalue weighted by Crippen LogP contribution is 2.29. The van der Waals surface area contributed by atoms with Gasteiger partial charge in [0.2, 0.25) is 11.9 Å². The Labute approximate surface area is 224 Å². The van der Waals surface area contributed by atoms with E-state index in [0.717, 1.165) is 61.7 Å². The molecule has 38 heavy (non-hydrogen) atoms. The van der Waals surface area contributed by atoms with Crippen molar-refractivity contribution in [1.29, 1.82) is 0 Å². The zero-order chi connectivity index (χ0) is 26.8. The van der Waals surface area contributed by atoms with Crippen LogP contribution < -0.4 is 10.6 Å².